The van der Waals surface area contributed by atoms with Crippen molar-refractivity contribution < 1.29 is 22.0 Å². The Balaban J connectivity index is 1.42. The third-order valence-electron chi connectivity index (χ3n) is 7.78. The van der Waals surface area contributed by atoms with E-state index in [1.165, 1.54) is 51.4 Å². The molecule has 0 radical (unpaired) electrons. The number of hydrogen-bond acceptors (Lipinski definition) is 0. The number of allylic oxidation sites excluding steroid dienone is 2. The number of benzene rings is 1. The molecule has 2 aliphatic carbocycles. The van der Waals surface area contributed by atoms with E-state index < -0.39 is 23.4 Å². The van der Waals surface area contributed by atoms with E-state index >= 15 is 0 Å². The van der Waals surface area contributed by atoms with Crippen molar-refractivity contribution >= 4 is 0 Å². The van der Waals surface area contributed by atoms with Gasteiger partial charge in [-0.2, -0.15) is 13.2 Å². The first-order valence-corrected chi connectivity index (χ1v) is 12.5. The van der Waals surface area contributed by atoms with Crippen LogP contribution in [0.4, 0.5) is 22.0 Å². The first-order valence-electron chi connectivity index (χ1n) is 12.5. The Morgan fingerprint density at radius 1 is 0.812 bits per heavy atom. The number of unbranched alkanes of at least 4 members (excludes halogenated alkanes) is 2. The molecule has 1 aromatic rings. The number of halogens is 5. The van der Waals surface area contributed by atoms with Crippen molar-refractivity contribution in [3.63, 3.8) is 0 Å². The molecule has 2 saturated carbocycles. The predicted molar refractivity (Wildman–Crippen MR) is 119 cm³/mol. The molecule has 0 bridgehead atoms. The van der Waals surface area contributed by atoms with Crippen molar-refractivity contribution in [2.45, 2.75) is 102 Å². The van der Waals surface area contributed by atoms with E-state index in [2.05, 4.69) is 19.1 Å². The van der Waals surface area contributed by atoms with Crippen LogP contribution >= 0.6 is 0 Å². The van der Waals surface area contributed by atoms with Crippen molar-refractivity contribution in [2.24, 2.45) is 17.8 Å². The van der Waals surface area contributed by atoms with Crippen LogP contribution in [0.25, 0.3) is 0 Å². The van der Waals surface area contributed by atoms with Crippen LogP contribution in [0.15, 0.2) is 24.3 Å². The number of rotatable bonds is 8. The maximum Gasteiger partial charge on any atom is 0.422 e. The quantitative estimate of drug-likeness (QED) is 0.207. The average Bonchev–Trinajstić information content (AvgIpc) is 2.75. The molecule has 180 valence electrons. The molecule has 0 spiro atoms. The lowest BCUT2D eigenvalue weighted by Gasteiger charge is -2.38. The smallest absolute Gasteiger partial charge is 0.206 e. The Hall–Kier alpha value is -1.39. The molecule has 0 N–H and O–H groups in total. The highest BCUT2D eigenvalue weighted by Crippen LogP contribution is 2.45. The molecule has 0 amide bonds. The number of hydrogen-bond donors (Lipinski definition) is 0. The lowest BCUT2D eigenvalue weighted by atomic mass is 9.68. The van der Waals surface area contributed by atoms with Crippen LogP contribution in [0.1, 0.15) is 107 Å². The summed E-state index contributed by atoms with van der Waals surface area (Å²) in [7, 11) is 0. The summed E-state index contributed by atoms with van der Waals surface area (Å²) in [5.74, 6) is -0.786. The Morgan fingerprint density at radius 3 is 1.91 bits per heavy atom. The first-order chi connectivity index (χ1) is 15.3. The van der Waals surface area contributed by atoms with Crippen LogP contribution in [0.3, 0.4) is 0 Å². The maximum absolute atomic E-state index is 14.0. The Bertz CT molecular complexity index is 712. The molecule has 5 heteroatoms. The van der Waals surface area contributed by atoms with Gasteiger partial charge in [-0.25, -0.2) is 8.78 Å². The van der Waals surface area contributed by atoms with Gasteiger partial charge in [-0.1, -0.05) is 44.8 Å². The van der Waals surface area contributed by atoms with Crippen LogP contribution in [0, 0.1) is 29.4 Å². The van der Waals surface area contributed by atoms with Crippen molar-refractivity contribution in [3.05, 3.63) is 47.0 Å². The van der Waals surface area contributed by atoms with Gasteiger partial charge in [0, 0.05) is 0 Å². The van der Waals surface area contributed by atoms with E-state index in [0.29, 0.717) is 11.5 Å². The second-order valence-electron chi connectivity index (χ2n) is 9.91. The average molecular weight is 457 g/mol. The third-order valence-corrected chi connectivity index (χ3v) is 7.78. The topological polar surface area (TPSA) is 0 Å². The summed E-state index contributed by atoms with van der Waals surface area (Å²) in [6.45, 7) is 2.16. The summed E-state index contributed by atoms with van der Waals surface area (Å²) < 4.78 is 66.4. The van der Waals surface area contributed by atoms with Gasteiger partial charge in [-0.3, -0.25) is 0 Å². The zero-order valence-corrected chi connectivity index (χ0v) is 19.2. The van der Waals surface area contributed by atoms with E-state index in [-0.39, 0.29) is 5.92 Å². The largest absolute Gasteiger partial charge is 0.422 e. The normalized spacial score (nSPS) is 27.2. The molecule has 0 atom stereocenters. The van der Waals surface area contributed by atoms with E-state index in [4.69, 9.17) is 0 Å². The van der Waals surface area contributed by atoms with Gasteiger partial charge >= 0.3 is 6.18 Å². The molecule has 0 nitrogen and oxygen atoms in total. The summed E-state index contributed by atoms with van der Waals surface area (Å²) in [5.41, 5.74) is -1.40. The second-order valence-corrected chi connectivity index (χ2v) is 9.91. The third kappa shape index (κ3) is 6.81. The van der Waals surface area contributed by atoms with Crippen LogP contribution in [0.2, 0.25) is 0 Å². The van der Waals surface area contributed by atoms with Gasteiger partial charge < -0.3 is 0 Å². The predicted octanol–water partition coefficient (Wildman–Crippen LogP) is 9.59. The highest BCUT2D eigenvalue weighted by molar-refractivity contribution is 5.30. The minimum atomic E-state index is -5.00. The summed E-state index contributed by atoms with van der Waals surface area (Å²) in [5, 5.41) is 0. The fraction of sp³-hybridized carbons (Fsp3) is 0.704. The number of alkyl halides is 3. The van der Waals surface area contributed by atoms with Gasteiger partial charge in [0.2, 0.25) is 0 Å². The standard InChI is InChI=1S/C27H37F5/c1-2-3-4-5-6-7-8-19-9-11-20(12-10-19)21-13-15-22(16-14-21)23-17-24(28)26(25(29)18-23)27(30,31)32/h3-4,17-22H,2,5-16H2,1H3/b4-3+/t19-,20-,21-,22-. The van der Waals surface area contributed by atoms with Crippen molar-refractivity contribution in [2.75, 3.05) is 0 Å². The molecule has 32 heavy (non-hydrogen) atoms. The molecule has 1 aromatic carbocycles. The second kappa shape index (κ2) is 11.7. The zero-order valence-electron chi connectivity index (χ0n) is 19.2. The molecule has 0 aromatic heterocycles. The van der Waals surface area contributed by atoms with Crippen molar-refractivity contribution in [1.82, 2.24) is 0 Å². The van der Waals surface area contributed by atoms with E-state index in [1.54, 1.807) is 0 Å². The molecule has 3 rings (SSSR count). The summed E-state index contributed by atoms with van der Waals surface area (Å²) >= 11 is 0. The zero-order chi connectivity index (χ0) is 23.1. The molecular weight excluding hydrogens is 419 g/mol. The van der Waals surface area contributed by atoms with E-state index in [0.717, 1.165) is 56.1 Å². The summed E-state index contributed by atoms with van der Waals surface area (Å²) in [4.78, 5) is 0. The highest BCUT2D eigenvalue weighted by atomic mass is 19.4. The molecular formula is C27H37F5. The molecule has 0 aliphatic heterocycles. The monoisotopic (exact) mass is 456 g/mol. The maximum atomic E-state index is 14.0. The molecule has 2 fully saturated rings. The summed E-state index contributed by atoms with van der Waals surface area (Å²) in [6, 6.07) is 1.81. The Labute approximate surface area is 189 Å². The van der Waals surface area contributed by atoms with Gasteiger partial charge in [0.05, 0.1) is 0 Å². The van der Waals surface area contributed by atoms with Gasteiger partial charge in [0.25, 0.3) is 0 Å². The van der Waals surface area contributed by atoms with E-state index in [1.807, 2.05) is 0 Å². The first kappa shape index (κ1) is 25.2. The molecule has 0 heterocycles. The highest BCUT2D eigenvalue weighted by Gasteiger charge is 2.39. The van der Waals surface area contributed by atoms with Crippen molar-refractivity contribution in [3.8, 4) is 0 Å². The lowest BCUT2D eigenvalue weighted by molar-refractivity contribution is -0.142. The molecule has 0 saturated heterocycles. The van der Waals surface area contributed by atoms with E-state index in [9.17, 15) is 22.0 Å². The van der Waals surface area contributed by atoms with Gasteiger partial charge in [0.1, 0.15) is 17.2 Å². The minimum Gasteiger partial charge on any atom is -0.206 e. The fourth-order valence-electron chi connectivity index (χ4n) is 5.95. The van der Waals surface area contributed by atoms with Crippen molar-refractivity contribution in [1.29, 1.82) is 0 Å². The van der Waals surface area contributed by atoms with Crippen LogP contribution in [-0.4, -0.2) is 0 Å². The lowest BCUT2D eigenvalue weighted by Crippen LogP contribution is -2.25. The fourth-order valence-corrected chi connectivity index (χ4v) is 5.95. The van der Waals surface area contributed by atoms with Crippen LogP contribution in [0.5, 0.6) is 0 Å². The minimum absolute atomic E-state index is 0.0457. The Morgan fingerprint density at radius 2 is 1.38 bits per heavy atom. The van der Waals surface area contributed by atoms with Crippen LogP contribution in [-0.2, 0) is 6.18 Å². The summed E-state index contributed by atoms with van der Waals surface area (Å²) in [6.07, 6.45) is 14.6. The van der Waals surface area contributed by atoms with Gasteiger partial charge in [0.15, 0.2) is 0 Å². The SMILES string of the molecule is CC/C=C/CCCC[C@H]1CC[C@H]([C@H]2CC[C@H](c3cc(F)c(C(F)(F)F)c(F)c3)CC2)CC1. The van der Waals surface area contributed by atoms with Gasteiger partial charge in [-0.05, 0) is 99.2 Å². The molecule has 0 unspecified atom stereocenters. The molecule has 2 aliphatic rings. The van der Waals surface area contributed by atoms with Gasteiger partial charge in [-0.15, -0.1) is 0 Å². The van der Waals surface area contributed by atoms with Crippen LogP contribution < -0.4 is 0 Å². The Kier molecular flexibility index (Phi) is 9.19.